The Labute approximate surface area is 260 Å². The number of fused-ring (bicyclic) bond motifs is 5. The fraction of sp³-hybridized carbons (Fsp3) is 0.0732. The Morgan fingerprint density at radius 1 is 0.477 bits per heavy atom. The van der Waals surface area contributed by atoms with Crippen LogP contribution in [-0.4, -0.2) is 9.97 Å². The third kappa shape index (κ3) is 3.66. The molecule has 2 heterocycles. The minimum Gasteiger partial charge on any atom is -0.236 e. The first-order valence-corrected chi connectivity index (χ1v) is 15.9. The molecule has 2 nitrogen and oxygen atoms in total. The van der Waals surface area contributed by atoms with E-state index in [1.807, 2.05) is 23.7 Å². The van der Waals surface area contributed by atoms with Crippen molar-refractivity contribution in [2.45, 2.75) is 19.3 Å². The van der Waals surface area contributed by atoms with Gasteiger partial charge in [0, 0.05) is 49.1 Å². The third-order valence-electron chi connectivity index (χ3n) is 9.43. The van der Waals surface area contributed by atoms with Gasteiger partial charge in [-0.3, -0.25) is 0 Å². The average Bonchev–Trinajstić information content (AvgIpc) is 3.46. The Morgan fingerprint density at radius 3 is 1.98 bits per heavy atom. The van der Waals surface area contributed by atoms with Crippen LogP contribution >= 0.6 is 11.3 Å². The second-order valence-electron chi connectivity index (χ2n) is 12.2. The molecular formula is C41H28N2S. The second kappa shape index (κ2) is 9.44. The summed E-state index contributed by atoms with van der Waals surface area (Å²) < 4.78 is 2.65. The van der Waals surface area contributed by atoms with Crippen LogP contribution in [0.25, 0.3) is 75.7 Å². The molecule has 2 aromatic heterocycles. The van der Waals surface area contributed by atoms with E-state index in [2.05, 4.69) is 135 Å². The summed E-state index contributed by atoms with van der Waals surface area (Å²) in [6, 6.07) is 44.0. The first kappa shape index (κ1) is 25.4. The van der Waals surface area contributed by atoms with Crippen LogP contribution in [0.1, 0.15) is 25.0 Å². The van der Waals surface area contributed by atoms with Gasteiger partial charge in [-0.15, -0.1) is 11.3 Å². The van der Waals surface area contributed by atoms with Crippen molar-refractivity contribution in [1.82, 2.24) is 9.97 Å². The Bertz CT molecular complexity index is 2400. The summed E-state index contributed by atoms with van der Waals surface area (Å²) in [5.41, 5.74) is 11.0. The molecule has 0 fully saturated rings. The lowest BCUT2D eigenvalue weighted by molar-refractivity contribution is 0.645. The highest BCUT2D eigenvalue weighted by Gasteiger charge is 2.33. The molecule has 0 radical (unpaired) electrons. The third-order valence-corrected chi connectivity index (χ3v) is 10.6. The fourth-order valence-electron chi connectivity index (χ4n) is 7.20. The molecule has 44 heavy (non-hydrogen) atoms. The lowest BCUT2D eigenvalue weighted by atomic mass is 9.68. The van der Waals surface area contributed by atoms with Crippen molar-refractivity contribution >= 4 is 42.3 Å². The Hall–Kier alpha value is -5.12. The van der Waals surface area contributed by atoms with Gasteiger partial charge in [-0.2, -0.15) is 0 Å². The Morgan fingerprint density at radius 2 is 1.11 bits per heavy atom. The van der Waals surface area contributed by atoms with E-state index in [0.717, 1.165) is 17.0 Å². The molecule has 0 amide bonds. The molecule has 208 valence electrons. The van der Waals surface area contributed by atoms with Crippen molar-refractivity contribution in [2.24, 2.45) is 0 Å². The van der Waals surface area contributed by atoms with Crippen LogP contribution in [0.15, 0.2) is 134 Å². The van der Waals surface area contributed by atoms with Gasteiger partial charge in [0.25, 0.3) is 0 Å². The predicted octanol–water partition coefficient (Wildman–Crippen LogP) is 11.3. The van der Waals surface area contributed by atoms with Crippen LogP contribution in [0.3, 0.4) is 0 Å². The maximum atomic E-state index is 4.85. The molecule has 0 saturated carbocycles. The minimum atomic E-state index is -0.0727. The van der Waals surface area contributed by atoms with E-state index in [0.29, 0.717) is 0 Å². The zero-order chi connectivity index (χ0) is 29.4. The van der Waals surface area contributed by atoms with Gasteiger partial charge in [-0.05, 0) is 55.8 Å². The van der Waals surface area contributed by atoms with E-state index in [9.17, 15) is 0 Å². The molecule has 9 rings (SSSR count). The zero-order valence-corrected chi connectivity index (χ0v) is 25.3. The quantitative estimate of drug-likeness (QED) is 0.208. The average molecular weight is 581 g/mol. The van der Waals surface area contributed by atoms with Gasteiger partial charge in [0.15, 0.2) is 5.82 Å². The lowest BCUT2D eigenvalue weighted by Gasteiger charge is -2.35. The lowest BCUT2D eigenvalue weighted by Crippen LogP contribution is -2.23. The van der Waals surface area contributed by atoms with Gasteiger partial charge in [0.1, 0.15) is 0 Å². The van der Waals surface area contributed by atoms with Gasteiger partial charge in [0.2, 0.25) is 0 Å². The molecule has 1 aliphatic rings. The van der Waals surface area contributed by atoms with E-state index >= 15 is 0 Å². The van der Waals surface area contributed by atoms with Crippen molar-refractivity contribution in [3.63, 3.8) is 0 Å². The number of benzene rings is 6. The fourth-order valence-corrected chi connectivity index (χ4v) is 8.44. The van der Waals surface area contributed by atoms with E-state index in [1.165, 1.54) is 69.9 Å². The minimum absolute atomic E-state index is 0.0727. The molecule has 0 saturated heterocycles. The van der Waals surface area contributed by atoms with Gasteiger partial charge in [-0.25, -0.2) is 9.97 Å². The van der Waals surface area contributed by atoms with Gasteiger partial charge in [-0.1, -0.05) is 129 Å². The van der Waals surface area contributed by atoms with Gasteiger partial charge in [0.05, 0.1) is 0 Å². The van der Waals surface area contributed by atoms with E-state index in [-0.39, 0.29) is 5.41 Å². The summed E-state index contributed by atoms with van der Waals surface area (Å²) in [4.78, 5) is 9.70. The molecular weight excluding hydrogens is 553 g/mol. The number of rotatable bonds is 3. The van der Waals surface area contributed by atoms with Crippen molar-refractivity contribution in [3.05, 3.63) is 145 Å². The summed E-state index contributed by atoms with van der Waals surface area (Å²) in [7, 11) is 0. The number of aromatic nitrogens is 2. The smallest absolute Gasteiger partial charge is 0.159 e. The standard InChI is InChI=1S/C41H28N2S/c1-41(2)35-14-5-3-9-30(35)33-22-21-28(32-12-8-15-36(41)38(32)33)27-23-42-40(43-24-27)26-19-17-25(18-20-26)29-11-7-13-34-31-10-4-6-16-37(31)44-39(29)34/h3-24H,1-2H3. The van der Waals surface area contributed by atoms with Crippen molar-refractivity contribution in [2.75, 3.05) is 0 Å². The van der Waals surface area contributed by atoms with Gasteiger partial charge >= 0.3 is 0 Å². The maximum Gasteiger partial charge on any atom is 0.159 e. The second-order valence-corrected chi connectivity index (χ2v) is 13.3. The van der Waals surface area contributed by atoms with Crippen LogP contribution in [0, 0.1) is 0 Å². The molecule has 8 aromatic rings. The molecule has 6 aromatic carbocycles. The molecule has 0 aliphatic heterocycles. The summed E-state index contributed by atoms with van der Waals surface area (Å²) in [6.07, 6.45) is 3.94. The normalized spacial score (nSPS) is 13.4. The topological polar surface area (TPSA) is 25.8 Å². The van der Waals surface area contributed by atoms with Crippen LogP contribution in [0.2, 0.25) is 0 Å². The van der Waals surface area contributed by atoms with E-state index < -0.39 is 0 Å². The highest BCUT2D eigenvalue weighted by atomic mass is 32.1. The molecule has 3 heteroatoms. The molecule has 1 aliphatic carbocycles. The van der Waals surface area contributed by atoms with Crippen LogP contribution in [0.4, 0.5) is 0 Å². The van der Waals surface area contributed by atoms with Crippen molar-refractivity contribution < 1.29 is 0 Å². The van der Waals surface area contributed by atoms with E-state index in [1.54, 1.807) is 0 Å². The monoisotopic (exact) mass is 580 g/mol. The predicted molar refractivity (Wildman–Crippen MR) is 186 cm³/mol. The molecule has 0 atom stereocenters. The summed E-state index contributed by atoms with van der Waals surface area (Å²) in [5, 5.41) is 5.22. The Balaban J connectivity index is 1.08. The number of nitrogens with zero attached hydrogens (tertiary/aromatic N) is 2. The highest BCUT2D eigenvalue weighted by molar-refractivity contribution is 7.26. The van der Waals surface area contributed by atoms with Crippen LogP contribution in [0.5, 0.6) is 0 Å². The number of hydrogen-bond donors (Lipinski definition) is 0. The largest absolute Gasteiger partial charge is 0.236 e. The first-order valence-electron chi connectivity index (χ1n) is 15.1. The van der Waals surface area contributed by atoms with Crippen LogP contribution < -0.4 is 0 Å². The Kier molecular flexibility index (Phi) is 5.45. The number of hydrogen-bond acceptors (Lipinski definition) is 3. The maximum absolute atomic E-state index is 4.85. The number of thiophene rings is 1. The van der Waals surface area contributed by atoms with Crippen molar-refractivity contribution in [3.8, 4) is 44.8 Å². The zero-order valence-electron chi connectivity index (χ0n) is 24.5. The van der Waals surface area contributed by atoms with Gasteiger partial charge < -0.3 is 0 Å². The summed E-state index contributed by atoms with van der Waals surface area (Å²) in [6.45, 7) is 4.67. The summed E-state index contributed by atoms with van der Waals surface area (Å²) >= 11 is 1.86. The first-order chi connectivity index (χ1) is 21.6. The van der Waals surface area contributed by atoms with E-state index in [4.69, 9.17) is 9.97 Å². The van der Waals surface area contributed by atoms with Crippen molar-refractivity contribution in [1.29, 1.82) is 0 Å². The molecule has 0 spiro atoms. The summed E-state index contributed by atoms with van der Waals surface area (Å²) in [5.74, 6) is 0.734. The SMILES string of the molecule is CC1(C)c2ccccc2-c2ccc(-c3cnc(-c4ccc(-c5cccc6c5sc5ccccc56)cc4)nc3)c3cccc1c23. The van der Waals surface area contributed by atoms with Crippen LogP contribution in [-0.2, 0) is 5.41 Å². The molecule has 0 N–H and O–H groups in total. The molecule has 0 bridgehead atoms. The molecule has 0 unspecified atom stereocenters. The highest BCUT2D eigenvalue weighted by Crippen LogP contribution is 2.50.